The molecule has 0 saturated heterocycles. The summed E-state index contributed by atoms with van der Waals surface area (Å²) in [5, 5.41) is 0. The van der Waals surface area contributed by atoms with E-state index in [1.165, 1.54) is 148 Å². The van der Waals surface area contributed by atoms with Crippen molar-refractivity contribution < 1.29 is 28.6 Å². The van der Waals surface area contributed by atoms with Crippen LogP contribution >= 0.6 is 0 Å². The first-order chi connectivity index (χ1) is 27.1. The van der Waals surface area contributed by atoms with Crippen LogP contribution in [0.25, 0.3) is 0 Å². The third kappa shape index (κ3) is 43.5. The number of carbonyl (C=O) groups is 3. The van der Waals surface area contributed by atoms with E-state index in [0.29, 0.717) is 19.3 Å². The predicted molar refractivity (Wildman–Crippen MR) is 238 cm³/mol. The zero-order chi connectivity index (χ0) is 41.3. The van der Waals surface area contributed by atoms with Crippen molar-refractivity contribution in [3.8, 4) is 0 Å². The molecule has 0 spiro atoms. The molecular weight excluding hydrogens is 697 g/mol. The van der Waals surface area contributed by atoms with Gasteiger partial charge < -0.3 is 14.2 Å². The van der Waals surface area contributed by atoms with Gasteiger partial charge in [0.25, 0.3) is 0 Å². The standard InChI is InChI=1S/C50H96O6/c1-44(2)36-30-24-18-14-10-8-7-9-11-16-20-27-33-39-48(51)54-42-47(43-55-49(52)40-34-28-23-22-26-32-38-46(5)6)56-50(53)41-35-29-21-17-13-12-15-19-25-31-37-45(3)4/h44-47H,7-43H2,1-6H3/t47-/m0/s1. The van der Waals surface area contributed by atoms with E-state index in [0.717, 1.165) is 75.5 Å². The van der Waals surface area contributed by atoms with Gasteiger partial charge in [-0.15, -0.1) is 0 Å². The molecule has 0 heterocycles. The molecule has 6 heteroatoms. The minimum Gasteiger partial charge on any atom is -0.462 e. The van der Waals surface area contributed by atoms with Gasteiger partial charge >= 0.3 is 17.9 Å². The van der Waals surface area contributed by atoms with Crippen LogP contribution in [-0.2, 0) is 28.6 Å². The van der Waals surface area contributed by atoms with Crippen LogP contribution in [0.3, 0.4) is 0 Å². The topological polar surface area (TPSA) is 78.9 Å². The Morgan fingerprint density at radius 2 is 0.518 bits per heavy atom. The lowest BCUT2D eigenvalue weighted by molar-refractivity contribution is -0.167. The zero-order valence-electron chi connectivity index (χ0n) is 38.4. The normalized spacial score (nSPS) is 12.2. The first-order valence-electron chi connectivity index (χ1n) is 24.6. The van der Waals surface area contributed by atoms with Crippen molar-refractivity contribution in [2.75, 3.05) is 13.2 Å². The van der Waals surface area contributed by atoms with Gasteiger partial charge in [0, 0.05) is 19.3 Å². The summed E-state index contributed by atoms with van der Waals surface area (Å²) in [7, 11) is 0. The Hall–Kier alpha value is -1.59. The van der Waals surface area contributed by atoms with E-state index >= 15 is 0 Å². The molecule has 0 bridgehead atoms. The van der Waals surface area contributed by atoms with Crippen molar-refractivity contribution in [1.82, 2.24) is 0 Å². The van der Waals surface area contributed by atoms with Gasteiger partial charge in [-0.25, -0.2) is 0 Å². The molecule has 0 aromatic carbocycles. The monoisotopic (exact) mass is 793 g/mol. The van der Waals surface area contributed by atoms with Crippen molar-refractivity contribution in [3.63, 3.8) is 0 Å². The number of carbonyl (C=O) groups excluding carboxylic acids is 3. The summed E-state index contributed by atoms with van der Waals surface area (Å²) >= 11 is 0. The van der Waals surface area contributed by atoms with Crippen LogP contribution in [0.1, 0.15) is 266 Å². The Morgan fingerprint density at radius 1 is 0.304 bits per heavy atom. The third-order valence-electron chi connectivity index (χ3n) is 11.1. The van der Waals surface area contributed by atoms with Gasteiger partial charge in [0.1, 0.15) is 13.2 Å². The molecule has 1 atom stereocenters. The van der Waals surface area contributed by atoms with E-state index in [9.17, 15) is 14.4 Å². The molecule has 0 saturated carbocycles. The molecular formula is C50H96O6. The van der Waals surface area contributed by atoms with Crippen LogP contribution in [0.5, 0.6) is 0 Å². The van der Waals surface area contributed by atoms with Crippen molar-refractivity contribution in [1.29, 1.82) is 0 Å². The highest BCUT2D eigenvalue weighted by molar-refractivity contribution is 5.71. The van der Waals surface area contributed by atoms with Gasteiger partial charge in [-0.2, -0.15) is 0 Å². The van der Waals surface area contributed by atoms with Crippen LogP contribution in [0.15, 0.2) is 0 Å². The molecule has 0 unspecified atom stereocenters. The highest BCUT2D eigenvalue weighted by atomic mass is 16.6. The van der Waals surface area contributed by atoms with Gasteiger partial charge in [0.2, 0.25) is 0 Å². The van der Waals surface area contributed by atoms with Gasteiger partial charge in [-0.05, 0) is 37.0 Å². The fraction of sp³-hybridized carbons (Fsp3) is 0.940. The van der Waals surface area contributed by atoms with Gasteiger partial charge in [0.05, 0.1) is 0 Å². The molecule has 0 rings (SSSR count). The van der Waals surface area contributed by atoms with E-state index in [2.05, 4.69) is 41.5 Å². The number of hydrogen-bond acceptors (Lipinski definition) is 6. The molecule has 0 radical (unpaired) electrons. The maximum atomic E-state index is 12.7. The fourth-order valence-corrected chi connectivity index (χ4v) is 7.41. The summed E-state index contributed by atoms with van der Waals surface area (Å²) in [6, 6.07) is 0. The summed E-state index contributed by atoms with van der Waals surface area (Å²) in [6.45, 7) is 13.6. The van der Waals surface area contributed by atoms with Crippen LogP contribution in [0, 0.1) is 17.8 Å². The second-order valence-electron chi connectivity index (χ2n) is 18.5. The maximum Gasteiger partial charge on any atom is 0.306 e. The zero-order valence-corrected chi connectivity index (χ0v) is 38.4. The van der Waals surface area contributed by atoms with E-state index in [1.54, 1.807) is 0 Å². The first kappa shape index (κ1) is 54.4. The van der Waals surface area contributed by atoms with Crippen LogP contribution < -0.4 is 0 Å². The Labute approximate surface area is 348 Å². The SMILES string of the molecule is CC(C)CCCCCCCCCCCCCCCC(=O)OC[C@@H](COC(=O)CCCCCCCCC(C)C)OC(=O)CCCCCCCCCCCCC(C)C. The van der Waals surface area contributed by atoms with Crippen molar-refractivity contribution in [2.24, 2.45) is 17.8 Å². The highest BCUT2D eigenvalue weighted by Gasteiger charge is 2.19. The summed E-state index contributed by atoms with van der Waals surface area (Å²) < 4.78 is 16.7. The molecule has 0 aliphatic heterocycles. The number of rotatable bonds is 43. The highest BCUT2D eigenvalue weighted by Crippen LogP contribution is 2.17. The third-order valence-corrected chi connectivity index (χ3v) is 11.1. The van der Waals surface area contributed by atoms with Gasteiger partial charge in [-0.1, -0.05) is 228 Å². The molecule has 6 nitrogen and oxygen atoms in total. The van der Waals surface area contributed by atoms with Crippen LogP contribution in [-0.4, -0.2) is 37.2 Å². The largest absolute Gasteiger partial charge is 0.462 e. The summed E-state index contributed by atoms with van der Waals surface area (Å²) in [6.07, 6.45) is 39.6. The lowest BCUT2D eigenvalue weighted by Crippen LogP contribution is -2.30. The molecule has 0 fully saturated rings. The van der Waals surface area contributed by atoms with Crippen molar-refractivity contribution in [2.45, 2.75) is 272 Å². The first-order valence-corrected chi connectivity index (χ1v) is 24.6. The minimum atomic E-state index is -0.762. The van der Waals surface area contributed by atoms with Crippen LogP contribution in [0.2, 0.25) is 0 Å². The Morgan fingerprint density at radius 3 is 0.768 bits per heavy atom. The van der Waals surface area contributed by atoms with Gasteiger partial charge in [0.15, 0.2) is 6.10 Å². The van der Waals surface area contributed by atoms with Gasteiger partial charge in [-0.3, -0.25) is 14.4 Å². The quantitative estimate of drug-likeness (QED) is 0.0348. The smallest absolute Gasteiger partial charge is 0.306 e. The Balaban J connectivity index is 4.28. The fourth-order valence-electron chi connectivity index (χ4n) is 7.41. The summed E-state index contributed by atoms with van der Waals surface area (Å²) in [5.41, 5.74) is 0. The van der Waals surface area contributed by atoms with E-state index in [-0.39, 0.29) is 31.1 Å². The van der Waals surface area contributed by atoms with E-state index in [4.69, 9.17) is 14.2 Å². The molecule has 0 aromatic heterocycles. The average Bonchev–Trinajstić information content (AvgIpc) is 3.15. The molecule has 0 aromatic rings. The second-order valence-corrected chi connectivity index (χ2v) is 18.5. The average molecular weight is 793 g/mol. The summed E-state index contributed by atoms with van der Waals surface area (Å²) in [5.74, 6) is 1.56. The van der Waals surface area contributed by atoms with E-state index in [1.807, 2.05) is 0 Å². The number of hydrogen-bond donors (Lipinski definition) is 0. The molecule has 332 valence electrons. The molecule has 0 N–H and O–H groups in total. The van der Waals surface area contributed by atoms with Crippen molar-refractivity contribution in [3.05, 3.63) is 0 Å². The molecule has 56 heavy (non-hydrogen) atoms. The second kappa shape index (κ2) is 41.6. The number of unbranched alkanes of at least 4 members (excludes halogenated alkanes) is 26. The Kier molecular flexibility index (Phi) is 40.4. The lowest BCUT2D eigenvalue weighted by Gasteiger charge is -2.18. The Bertz CT molecular complexity index is 868. The number of esters is 3. The van der Waals surface area contributed by atoms with Crippen molar-refractivity contribution >= 4 is 17.9 Å². The van der Waals surface area contributed by atoms with Crippen LogP contribution in [0.4, 0.5) is 0 Å². The lowest BCUT2D eigenvalue weighted by atomic mass is 10.0. The summed E-state index contributed by atoms with van der Waals surface area (Å²) in [4.78, 5) is 37.8. The maximum absolute atomic E-state index is 12.7. The molecule has 0 amide bonds. The number of ether oxygens (including phenoxy) is 3. The molecule has 0 aliphatic carbocycles. The molecule has 0 aliphatic rings. The predicted octanol–water partition coefficient (Wildman–Crippen LogP) is 15.6. The van der Waals surface area contributed by atoms with E-state index < -0.39 is 6.10 Å². The minimum absolute atomic E-state index is 0.0658.